The van der Waals surface area contributed by atoms with Crippen molar-refractivity contribution in [2.75, 3.05) is 0 Å². The highest BCUT2D eigenvalue weighted by molar-refractivity contribution is 7.15. The number of aliphatic imine (C=N–C) groups is 1. The minimum absolute atomic E-state index is 0.485. The van der Waals surface area contributed by atoms with Crippen LogP contribution in [0.15, 0.2) is 54.0 Å². The Bertz CT molecular complexity index is 1190. The van der Waals surface area contributed by atoms with Gasteiger partial charge in [-0.15, -0.1) is 21.5 Å². The molecule has 0 saturated heterocycles. The second kappa shape index (κ2) is 7.57. The molecule has 0 fully saturated rings. The summed E-state index contributed by atoms with van der Waals surface area (Å²) in [4.78, 5) is 10.3. The van der Waals surface area contributed by atoms with Crippen LogP contribution in [0.4, 0.5) is 0 Å². The van der Waals surface area contributed by atoms with Crippen molar-refractivity contribution in [1.82, 2.24) is 24.3 Å². The number of aromatic nitrogens is 5. The third kappa shape index (κ3) is 3.41. The van der Waals surface area contributed by atoms with Gasteiger partial charge >= 0.3 is 0 Å². The Morgan fingerprint density at radius 2 is 2.07 bits per heavy atom. The number of aryl methyl sites for hydroxylation is 3. The first kappa shape index (κ1) is 18.3. The van der Waals surface area contributed by atoms with Crippen molar-refractivity contribution < 1.29 is 0 Å². The molecule has 0 aliphatic carbocycles. The van der Waals surface area contributed by atoms with Gasteiger partial charge in [-0.2, -0.15) is 0 Å². The van der Waals surface area contributed by atoms with E-state index in [0.29, 0.717) is 11.6 Å². The highest BCUT2D eigenvalue weighted by atomic mass is 35.5. The van der Waals surface area contributed by atoms with E-state index in [-0.39, 0.29) is 0 Å². The molecule has 1 aromatic carbocycles. The molecule has 0 amide bonds. The molecule has 0 N–H and O–H groups in total. The summed E-state index contributed by atoms with van der Waals surface area (Å²) in [7, 11) is 0. The number of benzene rings is 1. The second-order valence-electron chi connectivity index (χ2n) is 6.98. The van der Waals surface area contributed by atoms with E-state index >= 15 is 0 Å². The average molecular weight is 423 g/mol. The van der Waals surface area contributed by atoms with Crippen molar-refractivity contribution in [3.8, 4) is 5.00 Å². The van der Waals surface area contributed by atoms with Gasteiger partial charge in [0.15, 0.2) is 5.82 Å². The van der Waals surface area contributed by atoms with Crippen molar-refractivity contribution in [2.45, 2.75) is 32.9 Å². The zero-order valence-corrected chi connectivity index (χ0v) is 17.5. The number of nitrogens with zero attached hydrogens (tertiary/aromatic N) is 6. The maximum absolute atomic E-state index is 6.52. The van der Waals surface area contributed by atoms with Gasteiger partial charge in [0.2, 0.25) is 0 Å². The number of fused-ring (bicyclic) bond motifs is 3. The van der Waals surface area contributed by atoms with Crippen LogP contribution in [0.5, 0.6) is 0 Å². The van der Waals surface area contributed by atoms with Gasteiger partial charge in [0.25, 0.3) is 0 Å². The van der Waals surface area contributed by atoms with Crippen LogP contribution in [0.25, 0.3) is 5.00 Å². The molecular formula is C21H19ClN6S. The van der Waals surface area contributed by atoms with Crippen LogP contribution in [-0.2, 0) is 19.5 Å². The van der Waals surface area contributed by atoms with E-state index in [9.17, 15) is 0 Å². The quantitative estimate of drug-likeness (QED) is 0.476. The zero-order chi connectivity index (χ0) is 19.8. The van der Waals surface area contributed by atoms with Gasteiger partial charge in [0.05, 0.1) is 12.0 Å². The highest BCUT2D eigenvalue weighted by Crippen LogP contribution is 2.34. The molecule has 0 radical (unpaired) electrons. The van der Waals surface area contributed by atoms with Crippen molar-refractivity contribution in [2.24, 2.45) is 4.99 Å². The predicted octanol–water partition coefficient (Wildman–Crippen LogP) is 4.47. The lowest BCUT2D eigenvalue weighted by atomic mass is 10.0. The fourth-order valence-corrected chi connectivity index (χ4v) is 5.13. The Kier molecular flexibility index (Phi) is 4.77. The van der Waals surface area contributed by atoms with Crippen molar-refractivity contribution >= 4 is 28.6 Å². The molecule has 29 heavy (non-hydrogen) atoms. The highest BCUT2D eigenvalue weighted by Gasteiger charge is 2.25. The van der Waals surface area contributed by atoms with Gasteiger partial charge in [-0.25, -0.2) is 4.98 Å². The van der Waals surface area contributed by atoms with Gasteiger partial charge < -0.3 is 4.57 Å². The smallest absolute Gasteiger partial charge is 0.160 e. The number of thiophene rings is 1. The Balaban J connectivity index is 1.54. The van der Waals surface area contributed by atoms with E-state index in [2.05, 4.69) is 30.4 Å². The number of hydrogen-bond donors (Lipinski definition) is 0. The first-order chi connectivity index (χ1) is 14.2. The molecule has 0 unspecified atom stereocenters. The molecule has 146 valence electrons. The fraction of sp³-hybridized carbons (Fsp3) is 0.238. The van der Waals surface area contributed by atoms with E-state index in [0.717, 1.165) is 52.9 Å². The number of rotatable bonds is 5. The second-order valence-corrected chi connectivity index (χ2v) is 8.50. The first-order valence-corrected chi connectivity index (χ1v) is 10.7. The predicted molar refractivity (Wildman–Crippen MR) is 115 cm³/mol. The van der Waals surface area contributed by atoms with Crippen molar-refractivity contribution in [3.63, 3.8) is 0 Å². The summed E-state index contributed by atoms with van der Waals surface area (Å²) >= 11 is 8.31. The van der Waals surface area contributed by atoms with Crippen LogP contribution in [0.2, 0.25) is 5.02 Å². The SMILES string of the molecule is Cc1nnc2n1-c1sc(CCCn3ccnc3)cc1C(c1ccccc1Cl)=NC2. The normalized spacial score (nSPS) is 13.0. The molecule has 1 aliphatic rings. The Morgan fingerprint density at radius 1 is 1.17 bits per heavy atom. The summed E-state index contributed by atoms with van der Waals surface area (Å²) < 4.78 is 4.24. The molecule has 0 saturated carbocycles. The molecule has 6 nitrogen and oxygen atoms in total. The number of hydrogen-bond acceptors (Lipinski definition) is 5. The largest absolute Gasteiger partial charge is 0.337 e. The summed E-state index contributed by atoms with van der Waals surface area (Å²) in [6, 6.07) is 10.1. The Hall–Kier alpha value is -2.77. The Morgan fingerprint density at radius 3 is 2.90 bits per heavy atom. The molecule has 1 aliphatic heterocycles. The van der Waals surface area contributed by atoms with Crippen LogP contribution >= 0.6 is 22.9 Å². The van der Waals surface area contributed by atoms with Crippen molar-refractivity contribution in [1.29, 1.82) is 0 Å². The molecular weight excluding hydrogens is 404 g/mol. The monoisotopic (exact) mass is 422 g/mol. The van der Waals surface area contributed by atoms with Gasteiger partial charge in [-0.3, -0.25) is 9.56 Å². The van der Waals surface area contributed by atoms with E-state index in [1.165, 1.54) is 4.88 Å². The van der Waals surface area contributed by atoms with Crippen LogP contribution in [0.3, 0.4) is 0 Å². The fourth-order valence-electron chi connectivity index (χ4n) is 3.64. The molecule has 0 atom stereocenters. The molecule has 4 heterocycles. The maximum Gasteiger partial charge on any atom is 0.160 e. The van der Waals surface area contributed by atoms with E-state index in [4.69, 9.17) is 16.6 Å². The summed E-state index contributed by atoms with van der Waals surface area (Å²) in [5, 5.41) is 10.4. The summed E-state index contributed by atoms with van der Waals surface area (Å²) in [5.41, 5.74) is 2.98. The average Bonchev–Trinajstić information content (AvgIpc) is 3.43. The zero-order valence-electron chi connectivity index (χ0n) is 15.9. The lowest BCUT2D eigenvalue weighted by Gasteiger charge is -2.08. The number of imidazole rings is 1. The maximum atomic E-state index is 6.52. The van der Waals surface area contributed by atoms with Crippen LogP contribution in [-0.4, -0.2) is 30.0 Å². The van der Waals surface area contributed by atoms with E-state index < -0.39 is 0 Å². The third-order valence-corrected chi connectivity index (χ3v) is 6.53. The van der Waals surface area contributed by atoms with Gasteiger partial charge in [-0.05, 0) is 31.9 Å². The molecule has 3 aromatic heterocycles. The third-order valence-electron chi connectivity index (χ3n) is 5.02. The van der Waals surface area contributed by atoms with Crippen LogP contribution in [0, 0.1) is 6.92 Å². The first-order valence-electron chi connectivity index (χ1n) is 9.50. The lowest BCUT2D eigenvalue weighted by molar-refractivity contribution is 0.645. The molecule has 8 heteroatoms. The van der Waals surface area contributed by atoms with E-state index in [1.807, 2.05) is 49.9 Å². The molecule has 0 spiro atoms. The topological polar surface area (TPSA) is 60.9 Å². The molecule has 5 rings (SSSR count). The molecule has 0 bridgehead atoms. The summed E-state index contributed by atoms with van der Waals surface area (Å²) in [5.74, 6) is 1.74. The van der Waals surface area contributed by atoms with Gasteiger partial charge in [-0.1, -0.05) is 29.8 Å². The van der Waals surface area contributed by atoms with Crippen molar-refractivity contribution in [3.05, 3.63) is 81.7 Å². The number of halogens is 1. The van der Waals surface area contributed by atoms with Crippen LogP contribution < -0.4 is 0 Å². The standard InChI is InChI=1S/C21H19ClN6S/c1-14-25-26-19-12-24-20(16-6-2-3-7-18(16)22)17-11-15(29-21(17)28(14)19)5-4-9-27-10-8-23-13-27/h2-3,6-8,10-11,13H,4-5,9,12H2,1H3. The summed E-state index contributed by atoms with van der Waals surface area (Å²) in [6.07, 6.45) is 7.71. The molecule has 4 aromatic rings. The minimum Gasteiger partial charge on any atom is -0.337 e. The minimum atomic E-state index is 0.485. The van der Waals surface area contributed by atoms with Gasteiger partial charge in [0.1, 0.15) is 17.4 Å². The lowest BCUT2D eigenvalue weighted by Crippen LogP contribution is -2.05. The van der Waals surface area contributed by atoms with E-state index in [1.54, 1.807) is 11.3 Å². The van der Waals surface area contributed by atoms with Gasteiger partial charge in [0, 0.05) is 40.0 Å². The summed E-state index contributed by atoms with van der Waals surface area (Å²) in [6.45, 7) is 3.42. The Labute approximate surface area is 177 Å². The van der Waals surface area contributed by atoms with Crippen LogP contribution in [0.1, 0.15) is 34.1 Å².